The Morgan fingerprint density at radius 3 is 2.47 bits per heavy atom. The van der Waals surface area contributed by atoms with Crippen molar-refractivity contribution >= 4 is 42.7 Å². The van der Waals surface area contributed by atoms with E-state index in [1.807, 2.05) is 0 Å². The van der Waals surface area contributed by atoms with Crippen LogP contribution in [0.15, 0.2) is 23.1 Å². The summed E-state index contributed by atoms with van der Waals surface area (Å²) in [5.74, 6) is -1.35. The van der Waals surface area contributed by atoms with Crippen LogP contribution in [-0.2, 0) is 14.8 Å². The molecule has 1 aliphatic heterocycles. The quantitative estimate of drug-likeness (QED) is 0.313. The molecule has 0 spiro atoms. The Hall–Kier alpha value is -2.00. The van der Waals surface area contributed by atoms with E-state index in [0.717, 1.165) is 42.7 Å². The first-order valence-corrected chi connectivity index (χ1v) is 14.7. The van der Waals surface area contributed by atoms with Gasteiger partial charge < -0.3 is 20.4 Å². The van der Waals surface area contributed by atoms with Gasteiger partial charge in [-0.15, -0.1) is 0 Å². The minimum Gasteiger partial charge on any atom is -0.475 e. The number of likely N-dealkylation sites (tertiary alicyclic amines) is 1. The number of benzene rings is 1. The summed E-state index contributed by atoms with van der Waals surface area (Å²) in [6.07, 6.45) is -3.76. The smallest absolute Gasteiger partial charge is 0.475 e. The molecular weight excluding hydrogens is 545 g/mol. The summed E-state index contributed by atoms with van der Waals surface area (Å²) in [5, 5.41) is 21.0. The zero-order valence-corrected chi connectivity index (χ0v) is 23.6. The monoisotopic (exact) mass is 582 g/mol. The summed E-state index contributed by atoms with van der Waals surface area (Å²) >= 11 is 1.41. The number of rotatable bonds is 11. The van der Waals surface area contributed by atoms with Gasteiger partial charge in [-0.1, -0.05) is 39.0 Å². The molecule has 1 fully saturated rings. The number of nitrogens with one attached hydrogen (secondary N) is 2. The van der Waals surface area contributed by atoms with Crippen molar-refractivity contribution in [3.8, 4) is 0 Å². The fourth-order valence-electron chi connectivity index (χ4n) is 4.05. The van der Waals surface area contributed by atoms with Crippen LogP contribution in [0, 0.1) is 17.8 Å². The maximum Gasteiger partial charge on any atom is 0.490 e. The average molecular weight is 583 g/mol. The van der Waals surface area contributed by atoms with Gasteiger partial charge >= 0.3 is 12.1 Å². The van der Waals surface area contributed by atoms with Gasteiger partial charge in [-0.2, -0.15) is 13.2 Å². The van der Waals surface area contributed by atoms with Gasteiger partial charge in [0.2, 0.25) is 10.0 Å². The molecule has 1 aromatic carbocycles. The number of carboxylic acid groups (broad SMARTS) is 1. The number of thiazole rings is 1. The molecule has 2 unspecified atom stereocenters. The number of alkyl halides is 3. The van der Waals surface area contributed by atoms with Gasteiger partial charge in [0.25, 0.3) is 0 Å². The average Bonchev–Trinajstić information content (AvgIpc) is 3.41. The van der Waals surface area contributed by atoms with Crippen molar-refractivity contribution in [1.29, 1.82) is 0 Å². The van der Waals surface area contributed by atoms with Crippen LogP contribution in [0.5, 0.6) is 0 Å². The summed E-state index contributed by atoms with van der Waals surface area (Å²) < 4.78 is 61.0. The van der Waals surface area contributed by atoms with E-state index in [1.165, 1.54) is 11.3 Å². The second kappa shape index (κ2) is 13.9. The number of hydrogen-bond donors (Lipinski definition) is 4. The molecule has 0 saturated carbocycles. The number of anilines is 1. The first-order chi connectivity index (χ1) is 17.6. The molecule has 0 aliphatic carbocycles. The highest BCUT2D eigenvalue weighted by Gasteiger charge is 2.38. The van der Waals surface area contributed by atoms with Gasteiger partial charge in [0, 0.05) is 26.2 Å². The standard InChI is InChI=1S/C22H36N4O3S2.C2HF3O2/c1-15(2)9-18(27)12-23-22-25-20-6-5-19(10-21(20)30-22)31(28,29)24-11-17-7-8-26(14-17)13-16(3)4;3-2(4,5)1(6)7/h5-6,10,15-18,24,27H,7-9,11-14H2,1-4H3,(H,23,25);(H,6,7). The number of aliphatic carboxylic acids is 1. The third-order valence-electron chi connectivity index (χ3n) is 5.70. The fraction of sp³-hybridized carbons (Fsp3) is 0.667. The lowest BCUT2D eigenvalue weighted by Crippen LogP contribution is -2.31. The van der Waals surface area contributed by atoms with Crippen molar-refractivity contribution in [3.63, 3.8) is 0 Å². The molecule has 2 aromatic rings. The highest BCUT2D eigenvalue weighted by atomic mass is 32.2. The normalized spacial score (nSPS) is 17.6. The zero-order chi connectivity index (χ0) is 28.7. The molecule has 4 N–H and O–H groups in total. The van der Waals surface area contributed by atoms with Crippen LogP contribution in [0.2, 0.25) is 0 Å². The van der Waals surface area contributed by atoms with Crippen LogP contribution < -0.4 is 10.0 Å². The second-order valence-electron chi connectivity index (χ2n) is 10.3. The van der Waals surface area contributed by atoms with E-state index in [1.54, 1.807) is 18.2 Å². The topological polar surface area (TPSA) is 132 Å². The number of aliphatic hydroxyl groups excluding tert-OH is 1. The number of hydrogen-bond acceptors (Lipinski definition) is 8. The zero-order valence-electron chi connectivity index (χ0n) is 22.0. The number of nitrogens with zero attached hydrogens (tertiary/aromatic N) is 2. The Bertz CT molecular complexity index is 1160. The van der Waals surface area contributed by atoms with E-state index in [4.69, 9.17) is 9.90 Å². The summed E-state index contributed by atoms with van der Waals surface area (Å²) in [6, 6.07) is 5.04. The van der Waals surface area contributed by atoms with Crippen molar-refractivity contribution in [2.45, 2.75) is 57.7 Å². The fourth-order valence-corrected chi connectivity index (χ4v) is 6.18. The Morgan fingerprint density at radius 2 is 1.89 bits per heavy atom. The lowest BCUT2D eigenvalue weighted by molar-refractivity contribution is -0.192. The first-order valence-electron chi connectivity index (χ1n) is 12.4. The summed E-state index contributed by atoms with van der Waals surface area (Å²) in [5.41, 5.74) is 0.755. The number of carbonyl (C=O) groups is 1. The number of halogens is 3. The molecule has 3 rings (SSSR count). The molecule has 0 amide bonds. The molecule has 216 valence electrons. The largest absolute Gasteiger partial charge is 0.490 e. The van der Waals surface area contributed by atoms with Crippen molar-refractivity contribution in [3.05, 3.63) is 18.2 Å². The SMILES string of the molecule is CC(C)CC(O)CNc1nc2ccc(S(=O)(=O)NCC3CCN(CC(C)C)C3)cc2s1.O=C(O)C(F)(F)F. The van der Waals surface area contributed by atoms with Crippen LogP contribution in [-0.4, -0.2) is 79.5 Å². The van der Waals surface area contributed by atoms with Gasteiger partial charge in [0.05, 0.1) is 21.2 Å². The van der Waals surface area contributed by atoms with Gasteiger partial charge in [-0.25, -0.2) is 22.9 Å². The number of sulfonamides is 1. The molecule has 38 heavy (non-hydrogen) atoms. The van der Waals surface area contributed by atoms with Crippen LogP contribution in [0.3, 0.4) is 0 Å². The van der Waals surface area contributed by atoms with Gasteiger partial charge in [0.1, 0.15) is 0 Å². The second-order valence-corrected chi connectivity index (χ2v) is 13.1. The molecule has 1 aromatic heterocycles. The molecule has 0 bridgehead atoms. The van der Waals surface area contributed by atoms with Gasteiger partial charge in [0.15, 0.2) is 5.13 Å². The number of fused-ring (bicyclic) bond motifs is 1. The van der Waals surface area contributed by atoms with Crippen LogP contribution in [0.25, 0.3) is 10.2 Å². The van der Waals surface area contributed by atoms with E-state index < -0.39 is 28.3 Å². The highest BCUT2D eigenvalue weighted by molar-refractivity contribution is 7.89. The van der Waals surface area contributed by atoms with E-state index in [9.17, 15) is 26.7 Å². The van der Waals surface area contributed by atoms with E-state index in [2.05, 4.69) is 47.6 Å². The van der Waals surface area contributed by atoms with Gasteiger partial charge in [-0.3, -0.25) is 0 Å². The van der Waals surface area contributed by atoms with Crippen LogP contribution >= 0.6 is 11.3 Å². The van der Waals surface area contributed by atoms with E-state index in [-0.39, 0.29) is 4.90 Å². The van der Waals surface area contributed by atoms with Crippen molar-refractivity contribution in [2.75, 3.05) is 38.0 Å². The third kappa shape index (κ3) is 10.6. The van der Waals surface area contributed by atoms with E-state index in [0.29, 0.717) is 36.0 Å². The minimum absolute atomic E-state index is 0.270. The molecular formula is C24H37F3N4O5S2. The molecule has 2 atom stereocenters. The lowest BCUT2D eigenvalue weighted by atomic mass is 10.1. The van der Waals surface area contributed by atoms with Gasteiger partial charge in [-0.05, 0) is 55.3 Å². The molecule has 2 heterocycles. The third-order valence-corrected chi connectivity index (χ3v) is 8.10. The predicted octanol–water partition coefficient (Wildman–Crippen LogP) is 4.00. The van der Waals surface area contributed by atoms with Crippen molar-refractivity contribution in [2.24, 2.45) is 17.8 Å². The van der Waals surface area contributed by atoms with Crippen LogP contribution in [0.1, 0.15) is 40.5 Å². The molecule has 1 aliphatic rings. The Labute approximate surface area is 225 Å². The maximum absolute atomic E-state index is 12.8. The van der Waals surface area contributed by atoms with Crippen molar-refractivity contribution < 1.29 is 36.6 Å². The number of aliphatic hydroxyl groups is 1. The number of carboxylic acids is 1. The van der Waals surface area contributed by atoms with Crippen LogP contribution in [0.4, 0.5) is 18.3 Å². The maximum atomic E-state index is 12.8. The van der Waals surface area contributed by atoms with E-state index >= 15 is 0 Å². The Balaban J connectivity index is 0.000000638. The lowest BCUT2D eigenvalue weighted by Gasteiger charge is -2.18. The Kier molecular flexibility index (Phi) is 11.8. The van der Waals surface area contributed by atoms with Crippen molar-refractivity contribution in [1.82, 2.24) is 14.6 Å². The molecule has 1 saturated heterocycles. The number of aromatic nitrogens is 1. The summed E-state index contributed by atoms with van der Waals surface area (Å²) in [6.45, 7) is 12.5. The Morgan fingerprint density at radius 1 is 1.24 bits per heavy atom. The first kappa shape index (κ1) is 32.2. The molecule has 0 radical (unpaired) electrons. The molecule has 9 nitrogen and oxygen atoms in total. The highest BCUT2D eigenvalue weighted by Crippen LogP contribution is 2.28. The predicted molar refractivity (Wildman–Crippen MR) is 142 cm³/mol. The summed E-state index contributed by atoms with van der Waals surface area (Å²) in [4.78, 5) is 16.1. The minimum atomic E-state index is -5.08. The molecule has 14 heteroatoms. The summed E-state index contributed by atoms with van der Waals surface area (Å²) in [7, 11) is -3.56.